The molecule has 2 unspecified atom stereocenters. The lowest BCUT2D eigenvalue weighted by molar-refractivity contribution is -0.147. The van der Waals surface area contributed by atoms with Crippen LogP contribution in [-0.2, 0) is 26.9 Å². The fraction of sp³-hybridized carbons (Fsp3) is 0.273. The highest BCUT2D eigenvalue weighted by Crippen LogP contribution is 2.34. The quantitative estimate of drug-likeness (QED) is 0.446. The van der Waals surface area contributed by atoms with Crippen molar-refractivity contribution in [3.05, 3.63) is 57.6 Å². The summed E-state index contributed by atoms with van der Waals surface area (Å²) >= 11 is 5.71. The third kappa shape index (κ3) is 4.35. The van der Waals surface area contributed by atoms with E-state index in [1.165, 1.54) is 18.2 Å². The molecular weight excluding hydrogens is 476 g/mol. The number of rotatable bonds is 5. The van der Waals surface area contributed by atoms with E-state index >= 15 is 0 Å². The van der Waals surface area contributed by atoms with Crippen LogP contribution in [0.5, 0.6) is 0 Å². The van der Waals surface area contributed by atoms with E-state index in [0.717, 1.165) is 17.0 Å². The van der Waals surface area contributed by atoms with Crippen molar-refractivity contribution in [3.8, 4) is 0 Å². The Hall–Kier alpha value is -3.14. The minimum atomic E-state index is -3.85. The minimum Gasteiger partial charge on any atom is -0.346 e. The first-order valence-electron chi connectivity index (χ1n) is 10.5. The maximum Gasteiger partial charge on any atom is 0.349 e. The van der Waals surface area contributed by atoms with Gasteiger partial charge in [0, 0.05) is 35.1 Å². The molecule has 2 heterocycles. The largest absolute Gasteiger partial charge is 0.349 e. The fourth-order valence-electron chi connectivity index (χ4n) is 4.25. The number of hydrogen-bond acceptors (Lipinski definition) is 4. The van der Waals surface area contributed by atoms with Gasteiger partial charge in [0.2, 0.25) is 11.8 Å². The smallest absolute Gasteiger partial charge is 0.346 e. The van der Waals surface area contributed by atoms with Gasteiger partial charge in [0.1, 0.15) is 29.6 Å². The molecule has 172 valence electrons. The second-order valence-corrected chi connectivity index (χ2v) is 8.65. The van der Waals surface area contributed by atoms with Crippen LogP contribution in [0.25, 0.3) is 0 Å². The normalized spacial score (nSPS) is 20.0. The zero-order valence-electron chi connectivity index (χ0n) is 18.1. The Morgan fingerprint density at radius 2 is 1.86 bits per heavy atom. The van der Waals surface area contributed by atoms with Crippen LogP contribution in [0.3, 0.4) is 0 Å². The Kier molecular flexibility index (Phi) is 6.53. The molecule has 2 aromatic rings. The summed E-state index contributed by atoms with van der Waals surface area (Å²) in [6, 6.07) is 4.83. The van der Waals surface area contributed by atoms with Gasteiger partial charge >= 0.3 is 5.92 Å². The Morgan fingerprint density at radius 3 is 2.49 bits per heavy atom. The number of amides is 4. The lowest BCUT2D eigenvalue weighted by Gasteiger charge is -2.33. The van der Waals surface area contributed by atoms with E-state index in [0.29, 0.717) is 0 Å². The van der Waals surface area contributed by atoms with Gasteiger partial charge in [-0.05, 0) is 29.7 Å². The van der Waals surface area contributed by atoms with Gasteiger partial charge in [-0.25, -0.2) is 0 Å². The number of carbonyl (C=O) groups is 4. The lowest BCUT2D eigenvalue weighted by Crippen LogP contribution is -2.53. The zero-order valence-corrected chi connectivity index (χ0v) is 18.9. The van der Waals surface area contributed by atoms with Gasteiger partial charge < -0.3 is 10.2 Å². The van der Waals surface area contributed by atoms with E-state index in [1.807, 2.05) is 0 Å². The van der Waals surface area contributed by atoms with Crippen LogP contribution in [0.4, 0.5) is 8.78 Å². The number of carbonyl (C=O) groups excluding carboxylic acids is 4. The predicted octanol–water partition coefficient (Wildman–Crippen LogP) is -0.236. The van der Waals surface area contributed by atoms with Crippen molar-refractivity contribution in [1.82, 2.24) is 15.5 Å². The number of fused-ring (bicyclic) bond motifs is 1. The van der Waals surface area contributed by atoms with E-state index in [9.17, 15) is 28.0 Å². The van der Waals surface area contributed by atoms with Crippen LogP contribution >= 0.6 is 11.6 Å². The van der Waals surface area contributed by atoms with Crippen LogP contribution in [0.2, 0.25) is 5.02 Å². The number of imide groups is 1. The van der Waals surface area contributed by atoms with Crippen LogP contribution < -0.4 is 21.6 Å². The van der Waals surface area contributed by atoms with Crippen LogP contribution in [0.15, 0.2) is 30.3 Å². The number of piperidine rings is 1. The highest BCUT2D eigenvalue weighted by Gasteiger charge is 2.44. The molecule has 0 spiro atoms. The molecule has 2 atom stereocenters. The SMILES string of the molecule is [B]c1cc(CNC(=O)C(F)(F)c2ccc(Cl)cc2)c([B])c2c1C(=O)N(C1CCC(=O)NC1=O)C2[B]. The number of benzene rings is 2. The Morgan fingerprint density at radius 1 is 1.20 bits per heavy atom. The summed E-state index contributed by atoms with van der Waals surface area (Å²) in [5, 5.41) is 4.53. The van der Waals surface area contributed by atoms with Gasteiger partial charge in [0.05, 0.1) is 0 Å². The molecule has 4 rings (SSSR count). The molecular formula is C22H15B3ClF2N3O4. The molecule has 0 aromatic heterocycles. The molecule has 4 amide bonds. The Bertz CT molecular complexity index is 1260. The van der Waals surface area contributed by atoms with Crippen molar-refractivity contribution in [2.24, 2.45) is 0 Å². The third-order valence-electron chi connectivity index (χ3n) is 6.04. The van der Waals surface area contributed by atoms with Crippen molar-refractivity contribution in [1.29, 1.82) is 0 Å². The topological polar surface area (TPSA) is 95.6 Å². The first-order valence-corrected chi connectivity index (χ1v) is 10.9. The first kappa shape index (κ1) is 25.0. The van der Waals surface area contributed by atoms with Gasteiger partial charge in [-0.2, -0.15) is 8.78 Å². The van der Waals surface area contributed by atoms with E-state index in [2.05, 4.69) is 10.6 Å². The van der Waals surface area contributed by atoms with E-state index in [-0.39, 0.29) is 45.5 Å². The molecule has 7 nitrogen and oxygen atoms in total. The molecule has 1 fully saturated rings. The second-order valence-electron chi connectivity index (χ2n) is 8.22. The summed E-state index contributed by atoms with van der Waals surface area (Å²) in [5.74, 6) is -8.38. The van der Waals surface area contributed by atoms with Crippen molar-refractivity contribution >= 4 is 69.7 Å². The third-order valence-corrected chi connectivity index (χ3v) is 6.30. The number of hydrogen-bond donors (Lipinski definition) is 2. The summed E-state index contributed by atoms with van der Waals surface area (Å²) in [7, 11) is 18.5. The van der Waals surface area contributed by atoms with Crippen LogP contribution in [-0.4, -0.2) is 58.1 Å². The summed E-state index contributed by atoms with van der Waals surface area (Å²) in [4.78, 5) is 50.2. The second kappa shape index (κ2) is 9.15. The van der Waals surface area contributed by atoms with Gasteiger partial charge in [-0.1, -0.05) is 40.7 Å². The number of alkyl halides is 2. The Labute approximate surface area is 208 Å². The molecule has 6 radical (unpaired) electrons. The van der Waals surface area contributed by atoms with Crippen molar-refractivity contribution in [2.75, 3.05) is 0 Å². The average Bonchev–Trinajstić information content (AvgIpc) is 3.06. The Balaban J connectivity index is 1.57. The van der Waals surface area contributed by atoms with Gasteiger partial charge in [0.15, 0.2) is 0 Å². The molecule has 13 heteroatoms. The molecule has 2 aliphatic rings. The number of nitrogens with zero attached hydrogens (tertiary/aromatic N) is 1. The molecule has 1 saturated heterocycles. The van der Waals surface area contributed by atoms with Crippen LogP contribution in [0, 0.1) is 0 Å². The average molecular weight is 491 g/mol. The maximum atomic E-state index is 14.6. The molecule has 2 aliphatic heterocycles. The van der Waals surface area contributed by atoms with Gasteiger partial charge in [-0.3, -0.25) is 24.5 Å². The van der Waals surface area contributed by atoms with Crippen molar-refractivity contribution < 1.29 is 28.0 Å². The molecule has 2 aromatic carbocycles. The molecule has 0 saturated carbocycles. The summed E-state index contributed by atoms with van der Waals surface area (Å²) in [5.41, 5.74) is -0.351. The highest BCUT2D eigenvalue weighted by atomic mass is 35.5. The molecule has 0 bridgehead atoms. The van der Waals surface area contributed by atoms with Crippen LogP contribution in [0.1, 0.15) is 45.8 Å². The van der Waals surface area contributed by atoms with Gasteiger partial charge in [-0.15, -0.1) is 0 Å². The standard InChI is InChI=1S/C22H15B3ClF2N3O4/c23-12-7-9(8-29-21(35)22(27,28)10-1-3-11(26)4-2-10)17(24)16-15(12)20(34)31(18(16)25)13-5-6-14(32)30-19(13)33/h1-4,7,13,18H,5-6,8H2,(H,29,35)(H,30,32,33). The van der Waals surface area contributed by atoms with Gasteiger partial charge in [0.25, 0.3) is 11.8 Å². The summed E-state index contributed by atoms with van der Waals surface area (Å²) < 4.78 is 29.1. The number of nitrogens with one attached hydrogen (secondary N) is 2. The number of halogens is 3. The van der Waals surface area contributed by atoms with E-state index in [1.54, 1.807) is 0 Å². The maximum absolute atomic E-state index is 14.6. The first-order chi connectivity index (χ1) is 16.4. The van der Waals surface area contributed by atoms with E-state index < -0.39 is 53.6 Å². The monoisotopic (exact) mass is 491 g/mol. The molecule has 2 N–H and O–H groups in total. The van der Waals surface area contributed by atoms with Crippen molar-refractivity contribution in [2.45, 2.75) is 37.3 Å². The van der Waals surface area contributed by atoms with E-state index in [4.69, 9.17) is 35.1 Å². The summed E-state index contributed by atoms with van der Waals surface area (Å²) in [6.45, 7) is -0.426. The highest BCUT2D eigenvalue weighted by molar-refractivity contribution is 6.42. The predicted molar refractivity (Wildman–Crippen MR) is 125 cm³/mol. The zero-order chi connectivity index (χ0) is 25.7. The fourth-order valence-corrected chi connectivity index (χ4v) is 4.37. The minimum absolute atomic E-state index is 0.0127. The van der Waals surface area contributed by atoms with Crippen molar-refractivity contribution in [3.63, 3.8) is 0 Å². The summed E-state index contributed by atoms with van der Waals surface area (Å²) in [6.07, 6.45) is 0.0912. The lowest BCUT2D eigenvalue weighted by atomic mass is 9.73. The molecule has 35 heavy (non-hydrogen) atoms. The molecule has 0 aliphatic carbocycles.